The lowest BCUT2D eigenvalue weighted by molar-refractivity contribution is 0.0684. The van der Waals surface area contributed by atoms with Gasteiger partial charge in [-0.3, -0.25) is 4.90 Å². The first-order chi connectivity index (χ1) is 9.31. The lowest BCUT2D eigenvalue weighted by Gasteiger charge is -2.45. The molecule has 104 valence electrons. The summed E-state index contributed by atoms with van der Waals surface area (Å²) in [7, 11) is 0. The zero-order valence-electron chi connectivity index (χ0n) is 12.0. The molecule has 0 spiro atoms. The molecular weight excluding hydrogens is 232 g/mol. The average Bonchev–Trinajstić information content (AvgIpc) is 2.48. The number of rotatable bonds is 2. The Morgan fingerprint density at radius 2 is 2.05 bits per heavy atom. The van der Waals surface area contributed by atoms with Gasteiger partial charge in [0.1, 0.15) is 0 Å². The Kier molecular flexibility index (Phi) is 3.90. The number of fused-ring (bicyclic) bond motifs is 1. The SMILES string of the molecule is CCC1CCCCN1C1CCc2ccccc2C1N. The fourth-order valence-corrected chi connectivity index (χ4v) is 4.05. The van der Waals surface area contributed by atoms with Gasteiger partial charge in [0, 0.05) is 18.1 Å². The highest BCUT2D eigenvalue weighted by atomic mass is 15.2. The molecule has 3 atom stereocenters. The largest absolute Gasteiger partial charge is 0.323 e. The Morgan fingerprint density at radius 3 is 2.89 bits per heavy atom. The summed E-state index contributed by atoms with van der Waals surface area (Å²) in [5.41, 5.74) is 9.45. The minimum absolute atomic E-state index is 0.206. The van der Waals surface area contributed by atoms with Crippen molar-refractivity contribution in [1.82, 2.24) is 4.90 Å². The molecule has 3 unspecified atom stereocenters. The fraction of sp³-hybridized carbons (Fsp3) is 0.647. The second-order valence-corrected chi connectivity index (χ2v) is 6.13. The van der Waals surface area contributed by atoms with Crippen molar-refractivity contribution in [3.8, 4) is 0 Å². The standard InChI is InChI=1S/C17H26N2/c1-2-14-8-5-6-12-19(14)16-11-10-13-7-3-4-9-15(13)17(16)18/h3-4,7,9,14,16-17H,2,5-6,8,10-12,18H2,1H3. The minimum Gasteiger partial charge on any atom is -0.323 e. The second-order valence-electron chi connectivity index (χ2n) is 6.13. The lowest BCUT2D eigenvalue weighted by Crippen LogP contribution is -2.51. The van der Waals surface area contributed by atoms with Gasteiger partial charge in [0.25, 0.3) is 0 Å². The maximum absolute atomic E-state index is 6.60. The van der Waals surface area contributed by atoms with Crippen LogP contribution in [0.5, 0.6) is 0 Å². The van der Waals surface area contributed by atoms with E-state index in [4.69, 9.17) is 5.73 Å². The predicted molar refractivity (Wildman–Crippen MR) is 80.1 cm³/mol. The molecule has 2 nitrogen and oxygen atoms in total. The van der Waals surface area contributed by atoms with E-state index in [0.717, 1.165) is 6.04 Å². The van der Waals surface area contributed by atoms with Crippen molar-refractivity contribution >= 4 is 0 Å². The average molecular weight is 258 g/mol. The van der Waals surface area contributed by atoms with Crippen molar-refractivity contribution in [2.75, 3.05) is 6.54 Å². The van der Waals surface area contributed by atoms with E-state index in [0.29, 0.717) is 6.04 Å². The van der Waals surface area contributed by atoms with Gasteiger partial charge in [-0.15, -0.1) is 0 Å². The highest BCUT2D eigenvalue weighted by molar-refractivity contribution is 5.33. The number of benzene rings is 1. The Balaban J connectivity index is 1.82. The normalized spacial score (nSPS) is 32.0. The number of nitrogens with zero attached hydrogens (tertiary/aromatic N) is 1. The van der Waals surface area contributed by atoms with Gasteiger partial charge >= 0.3 is 0 Å². The van der Waals surface area contributed by atoms with Gasteiger partial charge in [-0.25, -0.2) is 0 Å². The summed E-state index contributed by atoms with van der Waals surface area (Å²) in [6.07, 6.45) is 7.80. The lowest BCUT2D eigenvalue weighted by atomic mass is 9.82. The van der Waals surface area contributed by atoms with Crippen molar-refractivity contribution in [2.45, 2.75) is 63.6 Å². The third-order valence-electron chi connectivity index (χ3n) is 5.11. The van der Waals surface area contributed by atoms with Gasteiger partial charge in [-0.2, -0.15) is 0 Å². The van der Waals surface area contributed by atoms with Crippen molar-refractivity contribution in [2.24, 2.45) is 5.73 Å². The molecular formula is C17H26N2. The van der Waals surface area contributed by atoms with Crippen LogP contribution in [0, 0.1) is 0 Å². The predicted octanol–water partition coefficient (Wildman–Crippen LogP) is 3.27. The molecule has 0 radical (unpaired) electrons. The molecule has 1 heterocycles. The topological polar surface area (TPSA) is 29.3 Å². The van der Waals surface area contributed by atoms with E-state index in [9.17, 15) is 0 Å². The van der Waals surface area contributed by atoms with E-state index < -0.39 is 0 Å². The highest BCUT2D eigenvalue weighted by Gasteiger charge is 2.34. The first-order valence-electron chi connectivity index (χ1n) is 7.90. The quantitative estimate of drug-likeness (QED) is 0.882. The van der Waals surface area contributed by atoms with Crippen LogP contribution in [0.15, 0.2) is 24.3 Å². The number of aryl methyl sites for hydroxylation is 1. The third kappa shape index (κ3) is 2.44. The summed E-state index contributed by atoms with van der Waals surface area (Å²) in [6, 6.07) is 10.3. The number of likely N-dealkylation sites (tertiary alicyclic amines) is 1. The fourth-order valence-electron chi connectivity index (χ4n) is 4.05. The molecule has 1 aliphatic carbocycles. The van der Waals surface area contributed by atoms with Crippen LogP contribution in [0.2, 0.25) is 0 Å². The van der Waals surface area contributed by atoms with Crippen LogP contribution in [0.3, 0.4) is 0 Å². The first kappa shape index (κ1) is 13.1. The number of hydrogen-bond acceptors (Lipinski definition) is 2. The van der Waals surface area contributed by atoms with Crippen LogP contribution in [0.25, 0.3) is 0 Å². The molecule has 0 aromatic heterocycles. The van der Waals surface area contributed by atoms with Gasteiger partial charge in [0.2, 0.25) is 0 Å². The highest BCUT2D eigenvalue weighted by Crippen LogP contribution is 2.34. The monoisotopic (exact) mass is 258 g/mol. The van der Waals surface area contributed by atoms with Crippen LogP contribution in [0.1, 0.15) is 56.2 Å². The molecule has 1 aliphatic heterocycles. The molecule has 0 amide bonds. The number of nitrogens with two attached hydrogens (primary N) is 1. The molecule has 1 fully saturated rings. The first-order valence-corrected chi connectivity index (χ1v) is 7.90. The Hall–Kier alpha value is -0.860. The van der Waals surface area contributed by atoms with Gasteiger partial charge in [-0.1, -0.05) is 37.6 Å². The van der Waals surface area contributed by atoms with Gasteiger partial charge < -0.3 is 5.73 Å². The van der Waals surface area contributed by atoms with E-state index in [1.54, 1.807) is 0 Å². The van der Waals surface area contributed by atoms with Crippen molar-refractivity contribution < 1.29 is 0 Å². The van der Waals surface area contributed by atoms with Gasteiger partial charge in [0.05, 0.1) is 0 Å². The second kappa shape index (κ2) is 5.64. The van der Waals surface area contributed by atoms with Crippen LogP contribution >= 0.6 is 0 Å². The maximum Gasteiger partial charge on any atom is 0.0456 e. The molecule has 2 aliphatic rings. The molecule has 1 aromatic carbocycles. The third-order valence-corrected chi connectivity index (χ3v) is 5.11. The molecule has 19 heavy (non-hydrogen) atoms. The molecule has 1 saturated heterocycles. The molecule has 0 bridgehead atoms. The minimum atomic E-state index is 0.206. The summed E-state index contributed by atoms with van der Waals surface area (Å²) in [4.78, 5) is 2.73. The summed E-state index contributed by atoms with van der Waals surface area (Å²) in [6.45, 7) is 3.57. The van der Waals surface area contributed by atoms with E-state index in [2.05, 4.69) is 36.1 Å². The van der Waals surface area contributed by atoms with E-state index in [1.807, 2.05) is 0 Å². The molecule has 0 saturated carbocycles. The van der Waals surface area contributed by atoms with Crippen molar-refractivity contribution in [3.63, 3.8) is 0 Å². The number of piperidine rings is 1. The number of hydrogen-bond donors (Lipinski definition) is 1. The van der Waals surface area contributed by atoms with E-state index in [-0.39, 0.29) is 6.04 Å². The van der Waals surface area contributed by atoms with Crippen LogP contribution in [-0.4, -0.2) is 23.5 Å². The van der Waals surface area contributed by atoms with E-state index in [1.165, 1.54) is 56.2 Å². The zero-order chi connectivity index (χ0) is 13.2. The zero-order valence-corrected chi connectivity index (χ0v) is 12.0. The van der Waals surface area contributed by atoms with Crippen molar-refractivity contribution in [1.29, 1.82) is 0 Å². The van der Waals surface area contributed by atoms with Crippen LogP contribution in [0.4, 0.5) is 0 Å². The van der Waals surface area contributed by atoms with Crippen LogP contribution in [-0.2, 0) is 6.42 Å². The summed E-state index contributed by atoms with van der Waals surface area (Å²) in [5, 5.41) is 0. The van der Waals surface area contributed by atoms with Crippen molar-refractivity contribution in [3.05, 3.63) is 35.4 Å². The molecule has 3 rings (SSSR count). The molecule has 2 heteroatoms. The summed E-state index contributed by atoms with van der Waals surface area (Å²) < 4.78 is 0. The van der Waals surface area contributed by atoms with Gasteiger partial charge in [-0.05, 0) is 49.8 Å². The van der Waals surface area contributed by atoms with Crippen LogP contribution < -0.4 is 5.73 Å². The maximum atomic E-state index is 6.60. The molecule has 1 aromatic rings. The smallest absolute Gasteiger partial charge is 0.0456 e. The van der Waals surface area contributed by atoms with E-state index >= 15 is 0 Å². The summed E-state index contributed by atoms with van der Waals surface area (Å²) in [5.74, 6) is 0. The Labute approximate surface area is 117 Å². The summed E-state index contributed by atoms with van der Waals surface area (Å²) >= 11 is 0. The van der Waals surface area contributed by atoms with Gasteiger partial charge in [0.15, 0.2) is 0 Å². The molecule has 2 N–H and O–H groups in total. The Morgan fingerprint density at radius 1 is 1.21 bits per heavy atom. The Bertz CT molecular complexity index is 429.